The Bertz CT molecular complexity index is 4930. The molecular formula is C82H78N10O6S. The third kappa shape index (κ3) is 15.1. The van der Waals surface area contributed by atoms with E-state index < -0.39 is 0 Å². The number of ether oxygens (including phenoxy) is 6. The molecule has 4 aliphatic heterocycles. The lowest BCUT2D eigenvalue weighted by Crippen LogP contribution is -2.36. The minimum atomic E-state index is 0.0215. The summed E-state index contributed by atoms with van der Waals surface area (Å²) in [5.41, 5.74) is 20.5. The fraction of sp³-hybridized carbons (Fsp3) is 0.268. The second-order valence-corrected chi connectivity index (χ2v) is 26.7. The van der Waals surface area contributed by atoms with Crippen LogP contribution in [0.25, 0.3) is 99.2 Å². The van der Waals surface area contributed by atoms with Gasteiger partial charge in [-0.05, 0) is 162 Å². The number of nitrogens with zero attached hydrogens (tertiary/aromatic N) is 7. The number of thiazole rings is 1. The first-order chi connectivity index (χ1) is 48.6. The lowest BCUT2D eigenvalue weighted by atomic mass is 9.97. The monoisotopic (exact) mass is 1330 g/mol. The molecule has 0 bridgehead atoms. The van der Waals surface area contributed by atoms with Crippen molar-refractivity contribution >= 4 is 55.4 Å². The van der Waals surface area contributed by atoms with Crippen LogP contribution in [-0.2, 0) is 25.5 Å². The Labute approximate surface area is 581 Å². The van der Waals surface area contributed by atoms with Gasteiger partial charge in [0.25, 0.3) is 0 Å². The summed E-state index contributed by atoms with van der Waals surface area (Å²) in [5, 5.41) is 33.7. The van der Waals surface area contributed by atoms with Crippen LogP contribution < -0.4 is 19.3 Å². The number of H-pyrrole nitrogens is 3. The lowest BCUT2D eigenvalue weighted by molar-refractivity contribution is 0.0254. The smallest absolute Gasteiger partial charge is 0.137 e. The van der Waals surface area contributed by atoms with Crippen molar-refractivity contribution in [1.29, 1.82) is 15.8 Å². The molecule has 8 heterocycles. The van der Waals surface area contributed by atoms with E-state index in [1.54, 1.807) is 11.3 Å². The highest BCUT2D eigenvalue weighted by molar-refractivity contribution is 7.15. The highest BCUT2D eigenvalue weighted by atomic mass is 32.1. The molecule has 3 N–H and O–H groups in total. The minimum absolute atomic E-state index is 0.0215. The summed E-state index contributed by atoms with van der Waals surface area (Å²) in [4.78, 5) is 23.2. The first-order valence-electron chi connectivity index (χ1n) is 34.1. The zero-order valence-electron chi connectivity index (χ0n) is 56.0. The molecule has 0 saturated carbocycles. The van der Waals surface area contributed by atoms with Crippen LogP contribution in [0.2, 0.25) is 0 Å². The van der Waals surface area contributed by atoms with E-state index in [0.717, 1.165) is 214 Å². The van der Waals surface area contributed by atoms with E-state index >= 15 is 0 Å². The number of nitrogens with one attached hydrogen (secondary N) is 3. The fourth-order valence-electron chi connectivity index (χ4n) is 13.5. The van der Waals surface area contributed by atoms with Gasteiger partial charge in [0.05, 0.1) is 97.3 Å². The summed E-state index contributed by atoms with van der Waals surface area (Å²) in [5.74, 6) is 1.27. The van der Waals surface area contributed by atoms with E-state index in [2.05, 4.69) is 174 Å². The molecule has 0 unspecified atom stereocenters. The molecule has 12 aromatic rings. The van der Waals surface area contributed by atoms with Crippen molar-refractivity contribution in [2.45, 2.75) is 52.4 Å². The van der Waals surface area contributed by atoms with Crippen molar-refractivity contribution < 1.29 is 28.4 Å². The number of hydrogen-bond donors (Lipinski definition) is 3. The molecule has 16 rings (SSSR count). The van der Waals surface area contributed by atoms with Crippen LogP contribution in [0.4, 0.5) is 11.4 Å². The molecule has 16 nitrogen and oxygen atoms in total. The van der Waals surface area contributed by atoms with E-state index in [9.17, 15) is 15.8 Å². The van der Waals surface area contributed by atoms with Gasteiger partial charge < -0.3 is 53.2 Å². The second-order valence-electron chi connectivity index (χ2n) is 25.5. The van der Waals surface area contributed by atoms with Gasteiger partial charge in [-0.25, -0.2) is 4.98 Å². The number of anilines is 2. The van der Waals surface area contributed by atoms with Gasteiger partial charge in [-0.1, -0.05) is 84.9 Å². The molecular weight excluding hydrogens is 1250 g/mol. The second kappa shape index (κ2) is 30.5. The van der Waals surface area contributed by atoms with E-state index in [4.69, 9.17) is 28.4 Å². The number of fused-ring (bicyclic) bond motifs is 3. The Kier molecular flexibility index (Phi) is 20.3. The van der Waals surface area contributed by atoms with Gasteiger partial charge in [0.1, 0.15) is 29.7 Å². The maximum absolute atomic E-state index is 9.89. The van der Waals surface area contributed by atoms with Gasteiger partial charge in [-0.3, -0.25) is 4.90 Å². The number of rotatable bonds is 14. The number of hydrogen-bond acceptors (Lipinski definition) is 14. The molecule has 4 fully saturated rings. The number of aromatic nitrogens is 4. The molecule has 0 radical (unpaired) electrons. The normalized spacial score (nSPS) is 15.2. The summed E-state index contributed by atoms with van der Waals surface area (Å²) in [6.07, 6.45) is 3.74. The molecule has 99 heavy (non-hydrogen) atoms. The molecule has 4 aliphatic rings. The Morgan fingerprint density at radius 2 is 0.909 bits per heavy atom. The number of morpholine rings is 3. The lowest BCUT2D eigenvalue weighted by Gasteiger charge is -2.28. The van der Waals surface area contributed by atoms with Crippen LogP contribution in [0.5, 0.6) is 11.5 Å². The molecule has 0 atom stereocenters. The van der Waals surface area contributed by atoms with Gasteiger partial charge in [-0.15, -0.1) is 11.3 Å². The Morgan fingerprint density at radius 3 is 1.38 bits per heavy atom. The van der Waals surface area contributed by atoms with Crippen LogP contribution in [0, 0.1) is 40.9 Å². The first kappa shape index (κ1) is 65.8. The van der Waals surface area contributed by atoms with Gasteiger partial charge in [0, 0.05) is 120 Å². The maximum atomic E-state index is 9.89. The Hall–Kier alpha value is -10.5. The highest BCUT2D eigenvalue weighted by Crippen LogP contribution is 2.39. The predicted octanol–water partition coefficient (Wildman–Crippen LogP) is 16.7. The van der Waals surface area contributed by atoms with Crippen LogP contribution in [0.3, 0.4) is 0 Å². The van der Waals surface area contributed by atoms with E-state index in [0.29, 0.717) is 35.8 Å². The summed E-state index contributed by atoms with van der Waals surface area (Å²) in [7, 11) is 0. The van der Waals surface area contributed by atoms with Crippen molar-refractivity contribution in [3.63, 3.8) is 0 Å². The van der Waals surface area contributed by atoms with Crippen molar-refractivity contribution in [2.75, 3.05) is 102 Å². The first-order valence-corrected chi connectivity index (χ1v) is 34.9. The highest BCUT2D eigenvalue weighted by Gasteiger charge is 2.22. The Balaban J connectivity index is 0.000000127. The van der Waals surface area contributed by atoms with Crippen LogP contribution in [-0.4, -0.2) is 129 Å². The van der Waals surface area contributed by atoms with Crippen molar-refractivity contribution in [2.24, 2.45) is 0 Å². The van der Waals surface area contributed by atoms with Crippen molar-refractivity contribution in [1.82, 2.24) is 24.8 Å². The number of nitriles is 3. The molecule has 8 aromatic carbocycles. The van der Waals surface area contributed by atoms with Crippen molar-refractivity contribution in [3.05, 3.63) is 209 Å². The number of aromatic amines is 3. The number of aryl methyl sites for hydroxylation is 1. The molecule has 4 aromatic heterocycles. The predicted molar refractivity (Wildman–Crippen MR) is 394 cm³/mol. The molecule has 0 amide bonds. The maximum Gasteiger partial charge on any atom is 0.137 e. The standard InChI is InChI=1S/C30H30N4O2.C28H27N3O2.C24H21N3O2S/c31-20-25-18-23(4-5-24(25)21-33-10-14-35-15-11-33)27-2-1-3-29-28(27)19-30(32-29)22-6-8-26(9-7-22)34-12-16-36-17-13-34;1-19(2)33-28-11-8-21(16-22(28)18-29)24-4-3-5-26-25(24)17-27(30-26)20-6-9-23(10-7-20)31-12-14-32-15-13-31;1-15-26-14-24(30-15)22-12-20-19(3-2-4-21(20)27-22)16-5-6-23(17(11-16)13-25)29-18-7-9-28-10-8-18/h1-9,18-19,32H,10-17,21H2;3-11,16-17,19,30H,12-15H2,1-2H3;2-6,11-12,14,18,27H,7-10H2,1H3. The zero-order valence-corrected chi connectivity index (χ0v) is 56.8. The van der Waals surface area contributed by atoms with Gasteiger partial charge >= 0.3 is 0 Å². The molecule has 498 valence electrons. The fourth-order valence-corrected chi connectivity index (χ4v) is 14.2. The molecule has 0 spiro atoms. The average Bonchev–Trinajstić information content (AvgIpc) is 1.68. The zero-order chi connectivity index (χ0) is 67.6. The van der Waals surface area contributed by atoms with Gasteiger partial charge in [-0.2, -0.15) is 15.8 Å². The van der Waals surface area contributed by atoms with E-state index in [-0.39, 0.29) is 12.2 Å². The van der Waals surface area contributed by atoms with Crippen molar-refractivity contribution in [3.8, 4) is 96.2 Å². The molecule has 17 heteroatoms. The van der Waals surface area contributed by atoms with Gasteiger partial charge in [0.2, 0.25) is 0 Å². The quantitative estimate of drug-likeness (QED) is 0.0931. The molecule has 4 saturated heterocycles. The van der Waals surface area contributed by atoms with Crippen LogP contribution >= 0.6 is 11.3 Å². The van der Waals surface area contributed by atoms with E-state index in [1.165, 1.54) is 11.4 Å². The topological polar surface area (TPSA) is 197 Å². The third-order valence-corrected chi connectivity index (χ3v) is 19.6. The SMILES string of the molecule is CC(C)Oc1ccc(-c2cccc3[nH]c(-c4ccc(N5CCOCC5)cc4)cc23)cc1C#N.Cc1ncc(-c2cc3c(-c4ccc(OC5CCOCC5)c(C#N)c4)cccc3[nH]2)s1.N#Cc1cc(-c2cccc3[nH]c(-c4ccc(N5CCOCC5)cc4)cc23)ccc1CN1CCOCC1. The van der Waals surface area contributed by atoms with Crippen LogP contribution in [0.15, 0.2) is 182 Å². The summed E-state index contributed by atoms with van der Waals surface area (Å²) in [6.45, 7) is 18.3. The summed E-state index contributed by atoms with van der Waals surface area (Å²) in [6, 6.07) is 67.8. The van der Waals surface area contributed by atoms with E-state index in [1.807, 2.05) is 81.6 Å². The summed E-state index contributed by atoms with van der Waals surface area (Å²) < 4.78 is 33.7. The van der Waals surface area contributed by atoms with Crippen LogP contribution in [0.1, 0.15) is 54.0 Å². The number of benzene rings is 8. The minimum Gasteiger partial charge on any atom is -0.490 e. The Morgan fingerprint density at radius 1 is 0.485 bits per heavy atom. The van der Waals surface area contributed by atoms with Gasteiger partial charge in [0.15, 0.2) is 0 Å². The molecule has 0 aliphatic carbocycles. The average molecular weight is 1330 g/mol. The third-order valence-electron chi connectivity index (χ3n) is 18.7. The summed E-state index contributed by atoms with van der Waals surface area (Å²) >= 11 is 1.67. The largest absolute Gasteiger partial charge is 0.490 e.